The van der Waals surface area contributed by atoms with E-state index in [0.29, 0.717) is 0 Å². The molecule has 6 rings (SSSR count). The summed E-state index contributed by atoms with van der Waals surface area (Å²) in [6.07, 6.45) is 10.4. The zero-order valence-electron chi connectivity index (χ0n) is 21.4. The van der Waals surface area contributed by atoms with Crippen LogP contribution in [0.4, 0.5) is 28.4 Å². The predicted octanol–water partition coefficient (Wildman–Crippen LogP) is 7.20. The molecule has 0 aliphatic carbocycles. The van der Waals surface area contributed by atoms with E-state index in [1.54, 1.807) is 0 Å². The van der Waals surface area contributed by atoms with Crippen molar-refractivity contribution >= 4 is 63.7 Å². The van der Waals surface area contributed by atoms with Gasteiger partial charge in [0, 0.05) is 39.7 Å². The molecule has 0 aromatic heterocycles. The Bertz CT molecular complexity index is 1600. The number of anilines is 5. The van der Waals surface area contributed by atoms with Crippen LogP contribution in [0.1, 0.15) is 25.0 Å². The van der Waals surface area contributed by atoms with Crippen molar-refractivity contribution in [2.45, 2.75) is 13.8 Å². The Labute approximate surface area is 220 Å². The summed E-state index contributed by atoms with van der Waals surface area (Å²) in [5, 5.41) is 0. The third-order valence-electron chi connectivity index (χ3n) is 7.47. The molecular formula is C34H29BN2. The standard InChI is InChI=1S/C34H29BN2/c1-5-15-25(7-3)37-32-21-14-20-31-33(32)35(29-23-22-24(6-2)27(8-4)34(29)37)28-18-12-13-19-30(28)36(31)26-16-10-9-11-17-26/h5-23H,2,4H2,1,3H3/b15-5-,25-7+. The van der Waals surface area contributed by atoms with Gasteiger partial charge in [0.15, 0.2) is 0 Å². The van der Waals surface area contributed by atoms with Gasteiger partial charge >= 0.3 is 0 Å². The normalized spacial score (nSPS) is 13.8. The highest BCUT2D eigenvalue weighted by Gasteiger charge is 2.43. The second-order valence-electron chi connectivity index (χ2n) is 9.34. The number of para-hydroxylation sites is 2. The van der Waals surface area contributed by atoms with Gasteiger partial charge in [-0.15, -0.1) is 0 Å². The van der Waals surface area contributed by atoms with E-state index in [-0.39, 0.29) is 6.71 Å². The molecule has 4 aromatic carbocycles. The highest BCUT2D eigenvalue weighted by molar-refractivity contribution is 7.00. The number of rotatable bonds is 5. The molecule has 2 heterocycles. The van der Waals surface area contributed by atoms with E-state index in [1.807, 2.05) is 12.2 Å². The van der Waals surface area contributed by atoms with Crippen LogP contribution in [-0.2, 0) is 0 Å². The van der Waals surface area contributed by atoms with E-state index < -0.39 is 0 Å². The summed E-state index contributed by atoms with van der Waals surface area (Å²) in [7, 11) is 0. The van der Waals surface area contributed by atoms with Gasteiger partial charge in [0.05, 0.1) is 0 Å². The van der Waals surface area contributed by atoms with Crippen LogP contribution in [0.5, 0.6) is 0 Å². The molecule has 0 bridgehead atoms. The van der Waals surface area contributed by atoms with Gasteiger partial charge in [-0.05, 0) is 72.2 Å². The van der Waals surface area contributed by atoms with Gasteiger partial charge < -0.3 is 9.80 Å². The molecule has 3 heteroatoms. The first-order valence-electron chi connectivity index (χ1n) is 12.8. The van der Waals surface area contributed by atoms with Crippen LogP contribution in [0.3, 0.4) is 0 Å². The van der Waals surface area contributed by atoms with Gasteiger partial charge in [0.1, 0.15) is 0 Å². The molecule has 2 nitrogen and oxygen atoms in total. The summed E-state index contributed by atoms with van der Waals surface area (Å²) in [4.78, 5) is 4.82. The molecule has 178 valence electrons. The highest BCUT2D eigenvalue weighted by Crippen LogP contribution is 2.43. The minimum atomic E-state index is 0.106. The maximum Gasteiger partial charge on any atom is 0.252 e. The predicted molar refractivity (Wildman–Crippen MR) is 163 cm³/mol. The number of benzene rings is 4. The Morgan fingerprint density at radius 1 is 0.730 bits per heavy atom. The van der Waals surface area contributed by atoms with Crippen molar-refractivity contribution in [3.63, 3.8) is 0 Å². The summed E-state index contributed by atoms with van der Waals surface area (Å²) in [6, 6.07) is 30.7. The van der Waals surface area contributed by atoms with Crippen LogP contribution < -0.4 is 26.2 Å². The van der Waals surface area contributed by atoms with Gasteiger partial charge in [0.2, 0.25) is 0 Å². The fourth-order valence-corrected chi connectivity index (χ4v) is 6.00. The van der Waals surface area contributed by atoms with Crippen LogP contribution >= 0.6 is 0 Å². The molecule has 2 aliphatic heterocycles. The molecule has 0 radical (unpaired) electrons. The summed E-state index contributed by atoms with van der Waals surface area (Å²) in [5.74, 6) is 0. The van der Waals surface area contributed by atoms with Crippen molar-refractivity contribution in [1.29, 1.82) is 0 Å². The maximum atomic E-state index is 4.23. The molecule has 2 aliphatic rings. The minimum absolute atomic E-state index is 0.106. The summed E-state index contributed by atoms with van der Waals surface area (Å²) < 4.78 is 0. The van der Waals surface area contributed by atoms with Crippen LogP contribution in [-0.4, -0.2) is 6.71 Å². The molecular weight excluding hydrogens is 447 g/mol. The lowest BCUT2D eigenvalue weighted by Crippen LogP contribution is -2.61. The molecule has 0 atom stereocenters. The fraction of sp³-hybridized carbons (Fsp3) is 0.0588. The number of hydrogen-bond donors (Lipinski definition) is 0. The smallest absolute Gasteiger partial charge is 0.252 e. The number of nitrogens with zero attached hydrogens (tertiary/aromatic N) is 2. The highest BCUT2D eigenvalue weighted by atomic mass is 15.2. The second-order valence-corrected chi connectivity index (χ2v) is 9.34. The molecule has 0 saturated heterocycles. The van der Waals surface area contributed by atoms with Crippen LogP contribution in [0.25, 0.3) is 12.2 Å². The SMILES string of the molecule is C=Cc1ccc2c(c1C=C)N(C(/C=C\C)=C/C)c1cccc3c1B2c1ccccc1N3c1ccccc1. The van der Waals surface area contributed by atoms with Gasteiger partial charge in [-0.3, -0.25) is 0 Å². The molecule has 4 aromatic rings. The summed E-state index contributed by atoms with van der Waals surface area (Å²) in [6.45, 7) is 12.6. The van der Waals surface area contributed by atoms with Gasteiger partial charge in [0.25, 0.3) is 6.71 Å². The third kappa shape index (κ3) is 3.35. The van der Waals surface area contributed by atoms with E-state index in [4.69, 9.17) is 0 Å². The van der Waals surface area contributed by atoms with Crippen molar-refractivity contribution in [2.75, 3.05) is 9.80 Å². The summed E-state index contributed by atoms with van der Waals surface area (Å²) in [5.41, 5.74) is 13.2. The van der Waals surface area contributed by atoms with Gasteiger partial charge in [-0.2, -0.15) is 0 Å². The van der Waals surface area contributed by atoms with E-state index in [0.717, 1.165) is 22.5 Å². The molecule has 0 saturated carbocycles. The van der Waals surface area contributed by atoms with Crippen molar-refractivity contribution in [1.82, 2.24) is 0 Å². The fourth-order valence-electron chi connectivity index (χ4n) is 6.00. The lowest BCUT2D eigenvalue weighted by Gasteiger charge is -2.45. The van der Waals surface area contributed by atoms with E-state index in [9.17, 15) is 0 Å². The Hall–Kier alpha value is -4.50. The van der Waals surface area contributed by atoms with Crippen molar-refractivity contribution in [3.05, 3.63) is 133 Å². The Morgan fingerprint density at radius 3 is 2.19 bits per heavy atom. The topological polar surface area (TPSA) is 6.48 Å². The largest absolute Gasteiger partial charge is 0.311 e. The molecule has 0 N–H and O–H groups in total. The average molecular weight is 476 g/mol. The summed E-state index contributed by atoms with van der Waals surface area (Å²) >= 11 is 0. The van der Waals surface area contributed by atoms with E-state index in [1.165, 1.54) is 39.1 Å². The zero-order chi connectivity index (χ0) is 25.5. The molecule has 0 amide bonds. The molecule has 0 spiro atoms. The Balaban J connectivity index is 1.76. The minimum Gasteiger partial charge on any atom is -0.311 e. The Kier molecular flexibility index (Phi) is 5.69. The molecule has 0 fully saturated rings. The number of allylic oxidation sites excluding steroid dienone is 3. The maximum absolute atomic E-state index is 4.23. The average Bonchev–Trinajstić information content (AvgIpc) is 2.95. The first kappa shape index (κ1) is 22.9. The quantitative estimate of drug-likeness (QED) is 0.196. The lowest BCUT2D eigenvalue weighted by molar-refractivity contribution is 1.19. The zero-order valence-corrected chi connectivity index (χ0v) is 21.4. The van der Waals surface area contributed by atoms with Crippen molar-refractivity contribution < 1.29 is 0 Å². The van der Waals surface area contributed by atoms with Gasteiger partial charge in [-0.25, -0.2) is 0 Å². The number of fused-ring (bicyclic) bond motifs is 4. The molecule has 0 unspecified atom stereocenters. The van der Waals surface area contributed by atoms with E-state index >= 15 is 0 Å². The Morgan fingerprint density at radius 2 is 1.46 bits per heavy atom. The first-order chi connectivity index (χ1) is 18.2. The third-order valence-corrected chi connectivity index (χ3v) is 7.47. The van der Waals surface area contributed by atoms with Crippen LogP contribution in [0.2, 0.25) is 0 Å². The van der Waals surface area contributed by atoms with Crippen molar-refractivity contribution in [2.24, 2.45) is 0 Å². The first-order valence-corrected chi connectivity index (χ1v) is 12.8. The lowest BCUT2D eigenvalue weighted by atomic mass is 9.33. The van der Waals surface area contributed by atoms with Crippen LogP contribution in [0.15, 0.2) is 122 Å². The number of hydrogen-bond acceptors (Lipinski definition) is 2. The van der Waals surface area contributed by atoms with Gasteiger partial charge in [-0.1, -0.05) is 92.1 Å². The van der Waals surface area contributed by atoms with E-state index in [2.05, 4.69) is 140 Å². The molecule has 37 heavy (non-hydrogen) atoms. The van der Waals surface area contributed by atoms with Crippen molar-refractivity contribution in [3.8, 4) is 0 Å². The second kappa shape index (κ2) is 9.18. The van der Waals surface area contributed by atoms with Crippen LogP contribution in [0, 0.1) is 0 Å². The monoisotopic (exact) mass is 476 g/mol.